The summed E-state index contributed by atoms with van der Waals surface area (Å²) >= 11 is 0. The highest BCUT2D eigenvalue weighted by Crippen LogP contribution is 2.44. The monoisotopic (exact) mass is 464 g/mol. The minimum absolute atomic E-state index is 0.0512. The van der Waals surface area contributed by atoms with Gasteiger partial charge in [0.25, 0.3) is 0 Å². The molecule has 0 saturated carbocycles. The molecule has 1 heterocycles. The zero-order chi connectivity index (χ0) is 24.2. The minimum atomic E-state index is -1.52. The van der Waals surface area contributed by atoms with E-state index in [1.54, 1.807) is 7.05 Å². The standard InChI is InChI=1S/C24H24N4O6/c1-28-11-14(10-25-28)21(22(30)26-20(12-29)23(31)32)27-24(33)34-13-19-17-8-4-2-6-15(17)16-7-3-5-9-18(16)19/h2-11,19-21,29H,12-13H2,1H3,(H,26,30)(H,27,33)(H,31,32)/t20-,21?/m1/s1. The number of aliphatic hydroxyl groups is 1. The minimum Gasteiger partial charge on any atom is -0.480 e. The normalized spacial score (nSPS) is 13.9. The van der Waals surface area contributed by atoms with Crippen molar-refractivity contribution in [2.24, 2.45) is 7.05 Å². The number of fused-ring (bicyclic) bond motifs is 3. The van der Waals surface area contributed by atoms with Gasteiger partial charge in [0.05, 0.1) is 12.8 Å². The molecule has 1 aliphatic rings. The first-order valence-electron chi connectivity index (χ1n) is 10.6. The van der Waals surface area contributed by atoms with Gasteiger partial charge in [-0.2, -0.15) is 5.10 Å². The van der Waals surface area contributed by atoms with E-state index in [1.807, 2.05) is 48.5 Å². The Balaban J connectivity index is 1.48. The van der Waals surface area contributed by atoms with Crippen LogP contribution in [0.25, 0.3) is 11.1 Å². The zero-order valence-electron chi connectivity index (χ0n) is 18.3. The first-order valence-corrected chi connectivity index (χ1v) is 10.6. The lowest BCUT2D eigenvalue weighted by Gasteiger charge is -2.20. The fourth-order valence-electron chi connectivity index (χ4n) is 4.09. The molecule has 4 N–H and O–H groups in total. The Morgan fingerprint density at radius 1 is 1.06 bits per heavy atom. The summed E-state index contributed by atoms with van der Waals surface area (Å²) in [4.78, 5) is 36.7. The third-order valence-electron chi connectivity index (χ3n) is 5.72. The van der Waals surface area contributed by atoms with Crippen molar-refractivity contribution in [2.45, 2.75) is 18.0 Å². The third-order valence-corrected chi connectivity index (χ3v) is 5.72. The lowest BCUT2D eigenvalue weighted by Crippen LogP contribution is -2.48. The molecule has 2 atom stereocenters. The molecule has 3 aromatic rings. The Hall–Kier alpha value is -4.18. The molecule has 176 valence electrons. The summed E-state index contributed by atoms with van der Waals surface area (Å²) in [6.45, 7) is -0.749. The van der Waals surface area contributed by atoms with E-state index in [4.69, 9.17) is 9.84 Å². The molecule has 0 fully saturated rings. The summed E-state index contributed by atoms with van der Waals surface area (Å²) in [6, 6.07) is 13.0. The summed E-state index contributed by atoms with van der Waals surface area (Å²) in [7, 11) is 1.64. The number of nitrogens with zero attached hydrogens (tertiary/aromatic N) is 2. The summed E-state index contributed by atoms with van der Waals surface area (Å²) in [5.41, 5.74) is 4.60. The lowest BCUT2D eigenvalue weighted by atomic mass is 9.98. The number of hydrogen-bond acceptors (Lipinski definition) is 6. The average Bonchev–Trinajstić information content (AvgIpc) is 3.40. The first kappa shape index (κ1) is 23.0. The molecule has 10 nitrogen and oxygen atoms in total. The van der Waals surface area contributed by atoms with Crippen LogP contribution in [0.1, 0.15) is 28.7 Å². The second kappa shape index (κ2) is 9.75. The second-order valence-electron chi connectivity index (χ2n) is 7.93. The summed E-state index contributed by atoms with van der Waals surface area (Å²) in [5, 5.41) is 27.0. The fraction of sp³-hybridized carbons (Fsp3) is 0.250. The van der Waals surface area contributed by atoms with Crippen molar-refractivity contribution >= 4 is 18.0 Å². The van der Waals surface area contributed by atoms with E-state index < -0.39 is 36.7 Å². The van der Waals surface area contributed by atoms with Crippen LogP contribution in [-0.2, 0) is 21.4 Å². The summed E-state index contributed by atoms with van der Waals surface area (Å²) in [6.07, 6.45) is 2.05. The van der Waals surface area contributed by atoms with E-state index in [2.05, 4.69) is 15.7 Å². The molecular weight excluding hydrogens is 440 g/mol. The second-order valence-corrected chi connectivity index (χ2v) is 7.93. The topological polar surface area (TPSA) is 143 Å². The molecule has 0 saturated heterocycles. The van der Waals surface area contributed by atoms with Crippen LogP contribution in [0.5, 0.6) is 0 Å². The largest absolute Gasteiger partial charge is 0.480 e. The number of carboxylic acids is 1. The molecule has 0 spiro atoms. The quantitative estimate of drug-likeness (QED) is 0.396. The van der Waals surface area contributed by atoms with Crippen molar-refractivity contribution in [1.82, 2.24) is 20.4 Å². The number of aliphatic hydroxyl groups excluding tert-OH is 1. The molecule has 34 heavy (non-hydrogen) atoms. The van der Waals surface area contributed by atoms with Crippen LogP contribution in [0.15, 0.2) is 60.9 Å². The van der Waals surface area contributed by atoms with Crippen LogP contribution < -0.4 is 10.6 Å². The van der Waals surface area contributed by atoms with Gasteiger partial charge in [0, 0.05) is 24.7 Å². The maximum atomic E-state index is 12.8. The number of nitrogens with one attached hydrogen (secondary N) is 2. The molecule has 1 unspecified atom stereocenters. The number of aromatic nitrogens is 2. The van der Waals surface area contributed by atoms with Gasteiger partial charge in [0.2, 0.25) is 5.91 Å². The van der Waals surface area contributed by atoms with E-state index in [0.717, 1.165) is 22.3 Å². The van der Waals surface area contributed by atoms with Gasteiger partial charge in [-0.15, -0.1) is 0 Å². The molecule has 2 amide bonds. The number of amides is 2. The molecular formula is C24H24N4O6. The highest BCUT2D eigenvalue weighted by atomic mass is 16.5. The van der Waals surface area contributed by atoms with Crippen molar-refractivity contribution in [3.05, 3.63) is 77.6 Å². The Morgan fingerprint density at radius 3 is 2.21 bits per heavy atom. The number of carbonyl (C=O) groups excluding carboxylic acids is 2. The Kier molecular flexibility index (Phi) is 6.60. The molecule has 0 bridgehead atoms. The highest BCUT2D eigenvalue weighted by molar-refractivity contribution is 5.90. The maximum absolute atomic E-state index is 12.8. The number of alkyl carbamates (subject to hydrolysis) is 1. The van der Waals surface area contributed by atoms with Crippen LogP contribution in [-0.4, -0.2) is 57.2 Å². The highest BCUT2D eigenvalue weighted by Gasteiger charge is 2.31. The first-order chi connectivity index (χ1) is 16.4. The van der Waals surface area contributed by atoms with Gasteiger partial charge in [-0.05, 0) is 22.3 Å². The Morgan fingerprint density at radius 2 is 1.68 bits per heavy atom. The van der Waals surface area contributed by atoms with Crippen LogP contribution in [0.4, 0.5) is 4.79 Å². The van der Waals surface area contributed by atoms with Crippen molar-refractivity contribution < 1.29 is 29.3 Å². The van der Waals surface area contributed by atoms with Gasteiger partial charge in [0.15, 0.2) is 0 Å². The summed E-state index contributed by atoms with van der Waals surface area (Å²) in [5.74, 6) is -2.38. The van der Waals surface area contributed by atoms with Gasteiger partial charge in [-0.3, -0.25) is 9.48 Å². The van der Waals surface area contributed by atoms with E-state index in [-0.39, 0.29) is 12.5 Å². The fourth-order valence-corrected chi connectivity index (χ4v) is 4.09. The van der Waals surface area contributed by atoms with Crippen molar-refractivity contribution in [3.63, 3.8) is 0 Å². The summed E-state index contributed by atoms with van der Waals surface area (Å²) < 4.78 is 6.94. The number of benzene rings is 2. The number of rotatable bonds is 8. The Bertz CT molecular complexity index is 1180. The number of aryl methyl sites for hydroxylation is 1. The third kappa shape index (κ3) is 4.62. The predicted octanol–water partition coefficient (Wildman–Crippen LogP) is 1.56. The smallest absolute Gasteiger partial charge is 0.408 e. The zero-order valence-corrected chi connectivity index (χ0v) is 18.3. The number of ether oxygens (including phenoxy) is 1. The van der Waals surface area contributed by atoms with Crippen molar-refractivity contribution in [2.75, 3.05) is 13.2 Å². The van der Waals surface area contributed by atoms with E-state index in [0.29, 0.717) is 5.56 Å². The number of hydrogen-bond donors (Lipinski definition) is 4. The maximum Gasteiger partial charge on any atom is 0.408 e. The van der Waals surface area contributed by atoms with E-state index >= 15 is 0 Å². The van der Waals surface area contributed by atoms with Gasteiger partial charge < -0.3 is 25.6 Å². The SMILES string of the molecule is Cn1cc(C(NC(=O)OCC2c3ccccc3-c3ccccc32)C(=O)N[C@H](CO)C(=O)O)cn1. The van der Waals surface area contributed by atoms with Gasteiger partial charge in [-0.25, -0.2) is 9.59 Å². The van der Waals surface area contributed by atoms with Crippen molar-refractivity contribution in [3.8, 4) is 11.1 Å². The molecule has 2 aromatic carbocycles. The lowest BCUT2D eigenvalue weighted by molar-refractivity contribution is -0.143. The van der Waals surface area contributed by atoms with E-state index in [9.17, 15) is 19.5 Å². The molecule has 4 rings (SSSR count). The van der Waals surface area contributed by atoms with Gasteiger partial charge >= 0.3 is 12.1 Å². The van der Waals surface area contributed by atoms with E-state index in [1.165, 1.54) is 17.1 Å². The predicted molar refractivity (Wildman–Crippen MR) is 121 cm³/mol. The molecule has 1 aliphatic carbocycles. The number of carboxylic acid groups (broad SMARTS) is 1. The average molecular weight is 464 g/mol. The molecule has 0 radical (unpaired) electrons. The van der Waals surface area contributed by atoms with Crippen molar-refractivity contribution in [1.29, 1.82) is 0 Å². The molecule has 1 aromatic heterocycles. The van der Waals surface area contributed by atoms with Gasteiger partial charge in [0.1, 0.15) is 18.7 Å². The van der Waals surface area contributed by atoms with Crippen LogP contribution >= 0.6 is 0 Å². The molecule has 10 heteroatoms. The Labute approximate surface area is 195 Å². The van der Waals surface area contributed by atoms with Crippen LogP contribution in [0.2, 0.25) is 0 Å². The van der Waals surface area contributed by atoms with Crippen LogP contribution in [0, 0.1) is 0 Å². The molecule has 0 aliphatic heterocycles. The van der Waals surface area contributed by atoms with Crippen LogP contribution in [0.3, 0.4) is 0 Å². The number of carbonyl (C=O) groups is 3. The number of aliphatic carboxylic acids is 1. The van der Waals surface area contributed by atoms with Gasteiger partial charge in [-0.1, -0.05) is 48.5 Å².